The Labute approximate surface area is 138 Å². The van der Waals surface area contributed by atoms with Crippen molar-refractivity contribution in [1.29, 1.82) is 0 Å². The van der Waals surface area contributed by atoms with Gasteiger partial charge in [0, 0.05) is 19.6 Å². The monoisotopic (exact) mass is 342 g/mol. The molecule has 2 aliphatic rings. The van der Waals surface area contributed by atoms with Gasteiger partial charge in [0.15, 0.2) is 0 Å². The Bertz CT molecular complexity index is 635. The molecule has 8 heteroatoms. The third-order valence-corrected chi connectivity index (χ3v) is 6.71. The average molecular weight is 342 g/mol. The third kappa shape index (κ3) is 3.45. The van der Waals surface area contributed by atoms with Crippen molar-refractivity contribution >= 4 is 10.2 Å². The van der Waals surface area contributed by atoms with Crippen LogP contribution in [0.5, 0.6) is 0 Å². The number of fused-ring (bicyclic) bond motifs is 1. The first-order valence-corrected chi connectivity index (χ1v) is 9.92. The van der Waals surface area contributed by atoms with Crippen molar-refractivity contribution in [1.82, 2.24) is 18.4 Å². The van der Waals surface area contributed by atoms with Crippen LogP contribution in [0.4, 0.5) is 0 Å². The fourth-order valence-corrected chi connectivity index (χ4v) is 4.92. The van der Waals surface area contributed by atoms with Crippen LogP contribution in [-0.4, -0.2) is 51.5 Å². The summed E-state index contributed by atoms with van der Waals surface area (Å²) in [5, 5.41) is 14.3. The van der Waals surface area contributed by atoms with Gasteiger partial charge in [0.1, 0.15) is 0 Å². The number of nitrogens with zero attached hydrogens (tertiary/aromatic N) is 4. The topological polar surface area (TPSA) is 78.7 Å². The van der Waals surface area contributed by atoms with Crippen LogP contribution in [0.3, 0.4) is 0 Å². The zero-order chi connectivity index (χ0) is 16.4. The molecule has 130 valence electrons. The molecular weight excluding hydrogens is 316 g/mol. The Morgan fingerprint density at radius 3 is 2.48 bits per heavy atom. The molecule has 0 aromatic carbocycles. The quantitative estimate of drug-likeness (QED) is 0.893. The second-order valence-corrected chi connectivity index (χ2v) is 8.29. The Balaban J connectivity index is 1.76. The summed E-state index contributed by atoms with van der Waals surface area (Å²) in [5.41, 5.74) is 1.49. The maximum atomic E-state index is 12.9. The summed E-state index contributed by atoms with van der Waals surface area (Å²) in [7, 11) is -3.40. The number of aromatic nitrogens is 2. The van der Waals surface area contributed by atoms with Gasteiger partial charge in [-0.2, -0.15) is 22.1 Å². The lowest BCUT2D eigenvalue weighted by atomic mass is 10.2. The molecule has 0 radical (unpaired) electrons. The summed E-state index contributed by atoms with van der Waals surface area (Å²) in [5.74, 6) is 0. The molecule has 1 N–H and O–H groups in total. The number of aliphatic hydroxyl groups excluding tert-OH is 1. The highest BCUT2D eigenvalue weighted by molar-refractivity contribution is 7.86. The lowest BCUT2D eigenvalue weighted by molar-refractivity contribution is 0.167. The van der Waals surface area contributed by atoms with Crippen LogP contribution >= 0.6 is 0 Å². The Morgan fingerprint density at radius 2 is 1.83 bits per heavy atom. The van der Waals surface area contributed by atoms with E-state index in [1.165, 1.54) is 0 Å². The van der Waals surface area contributed by atoms with Crippen LogP contribution < -0.4 is 0 Å². The highest BCUT2D eigenvalue weighted by Crippen LogP contribution is 2.24. The Morgan fingerprint density at radius 1 is 1.13 bits per heavy atom. The minimum atomic E-state index is -3.40. The maximum absolute atomic E-state index is 12.9. The summed E-state index contributed by atoms with van der Waals surface area (Å²) in [6, 6.07) is 1.83. The summed E-state index contributed by atoms with van der Waals surface area (Å²) in [6.45, 7) is 4.46. The lowest BCUT2D eigenvalue weighted by Crippen LogP contribution is -2.47. The van der Waals surface area contributed by atoms with Crippen molar-refractivity contribution in [2.45, 2.75) is 58.2 Å². The Kier molecular flexibility index (Phi) is 5.05. The molecule has 0 aliphatic carbocycles. The van der Waals surface area contributed by atoms with Gasteiger partial charge in [0.05, 0.1) is 30.6 Å². The summed E-state index contributed by atoms with van der Waals surface area (Å²) < 4.78 is 30.8. The van der Waals surface area contributed by atoms with Gasteiger partial charge in [0.2, 0.25) is 0 Å². The zero-order valence-electron chi connectivity index (χ0n) is 13.7. The van der Waals surface area contributed by atoms with E-state index in [4.69, 9.17) is 0 Å². The first-order valence-electron chi connectivity index (χ1n) is 8.52. The SMILES string of the molecule is CCC(O)c1cc2n(n1)CCN(S(=O)(=O)N1CCCCCC1)C2. The lowest BCUT2D eigenvalue weighted by Gasteiger charge is -2.31. The van der Waals surface area contributed by atoms with E-state index in [2.05, 4.69) is 5.10 Å². The minimum absolute atomic E-state index is 0.336. The molecule has 0 saturated carbocycles. The molecule has 0 bridgehead atoms. The van der Waals surface area contributed by atoms with E-state index in [1.54, 1.807) is 8.61 Å². The molecule has 2 aliphatic heterocycles. The van der Waals surface area contributed by atoms with Crippen LogP contribution in [-0.2, 0) is 23.3 Å². The molecule has 1 atom stereocenters. The molecule has 1 fully saturated rings. The molecule has 3 rings (SSSR count). The fourth-order valence-electron chi connectivity index (χ4n) is 3.27. The molecule has 1 unspecified atom stereocenters. The van der Waals surface area contributed by atoms with Gasteiger partial charge in [0.25, 0.3) is 10.2 Å². The number of aliphatic hydroxyl groups is 1. The highest BCUT2D eigenvalue weighted by atomic mass is 32.2. The van der Waals surface area contributed by atoms with E-state index in [-0.39, 0.29) is 0 Å². The van der Waals surface area contributed by atoms with Crippen molar-refractivity contribution in [3.8, 4) is 0 Å². The van der Waals surface area contributed by atoms with E-state index >= 15 is 0 Å². The summed E-state index contributed by atoms with van der Waals surface area (Å²) >= 11 is 0. The standard InChI is InChI=1S/C15H26N4O3S/c1-2-15(20)14-11-13-12-18(9-10-19(13)16-14)23(21,22)17-7-5-3-4-6-8-17/h11,15,20H,2-10,12H2,1H3. The molecule has 3 heterocycles. The van der Waals surface area contributed by atoms with Crippen molar-refractivity contribution in [3.05, 3.63) is 17.5 Å². The Hall–Kier alpha value is -0.960. The van der Waals surface area contributed by atoms with Crippen molar-refractivity contribution in [2.75, 3.05) is 19.6 Å². The van der Waals surface area contributed by atoms with Crippen LogP contribution in [0.1, 0.15) is 56.5 Å². The largest absolute Gasteiger partial charge is 0.387 e. The molecule has 0 spiro atoms. The van der Waals surface area contributed by atoms with Gasteiger partial charge in [-0.15, -0.1) is 0 Å². The first-order chi connectivity index (χ1) is 11.0. The first kappa shape index (κ1) is 16.9. The summed E-state index contributed by atoms with van der Waals surface area (Å²) in [4.78, 5) is 0. The van der Waals surface area contributed by atoms with Crippen molar-refractivity contribution < 1.29 is 13.5 Å². The highest BCUT2D eigenvalue weighted by Gasteiger charge is 2.33. The smallest absolute Gasteiger partial charge is 0.282 e. The minimum Gasteiger partial charge on any atom is -0.387 e. The fraction of sp³-hybridized carbons (Fsp3) is 0.800. The van der Waals surface area contributed by atoms with E-state index in [0.717, 1.165) is 31.4 Å². The van der Waals surface area contributed by atoms with Crippen molar-refractivity contribution in [2.24, 2.45) is 0 Å². The number of hydrogen-bond donors (Lipinski definition) is 1. The zero-order valence-corrected chi connectivity index (χ0v) is 14.5. The van der Waals surface area contributed by atoms with E-state index in [9.17, 15) is 13.5 Å². The third-order valence-electron chi connectivity index (χ3n) is 4.73. The van der Waals surface area contributed by atoms with Crippen molar-refractivity contribution in [3.63, 3.8) is 0 Å². The molecule has 0 amide bonds. The van der Waals surface area contributed by atoms with E-state index < -0.39 is 16.3 Å². The van der Waals surface area contributed by atoms with Crippen LogP contribution in [0.15, 0.2) is 6.07 Å². The van der Waals surface area contributed by atoms with Gasteiger partial charge in [-0.05, 0) is 25.3 Å². The van der Waals surface area contributed by atoms with Gasteiger partial charge in [-0.1, -0.05) is 19.8 Å². The predicted octanol–water partition coefficient (Wildman–Crippen LogP) is 1.26. The van der Waals surface area contributed by atoms with Crippen LogP contribution in [0.25, 0.3) is 0 Å². The number of hydrogen-bond acceptors (Lipinski definition) is 4. The second kappa shape index (κ2) is 6.88. The van der Waals surface area contributed by atoms with E-state index in [0.29, 0.717) is 44.8 Å². The van der Waals surface area contributed by atoms with Gasteiger partial charge in [-0.25, -0.2) is 0 Å². The predicted molar refractivity (Wildman–Crippen MR) is 86.8 cm³/mol. The van der Waals surface area contributed by atoms with Gasteiger partial charge in [-0.3, -0.25) is 4.68 Å². The molecule has 1 aromatic heterocycles. The van der Waals surface area contributed by atoms with Gasteiger partial charge >= 0.3 is 0 Å². The second-order valence-electron chi connectivity index (χ2n) is 6.36. The van der Waals surface area contributed by atoms with Gasteiger partial charge < -0.3 is 5.11 Å². The molecule has 1 saturated heterocycles. The number of rotatable bonds is 4. The molecule has 1 aromatic rings. The normalized spacial score (nSPS) is 22.5. The average Bonchev–Trinajstić information content (AvgIpc) is 2.77. The van der Waals surface area contributed by atoms with Crippen LogP contribution in [0, 0.1) is 0 Å². The molecular formula is C15H26N4O3S. The van der Waals surface area contributed by atoms with E-state index in [1.807, 2.05) is 17.7 Å². The summed E-state index contributed by atoms with van der Waals surface area (Å²) in [6.07, 6.45) is 4.12. The molecule has 7 nitrogen and oxygen atoms in total. The molecule has 23 heavy (non-hydrogen) atoms. The van der Waals surface area contributed by atoms with Crippen LogP contribution in [0.2, 0.25) is 0 Å². The maximum Gasteiger partial charge on any atom is 0.282 e.